The molecule has 3 fully saturated rings. The second-order valence-corrected chi connectivity index (χ2v) is 11.9. The predicted octanol–water partition coefficient (Wildman–Crippen LogP) is 3.13. The zero-order chi connectivity index (χ0) is 26.2. The predicted molar refractivity (Wildman–Crippen MR) is 140 cm³/mol. The zero-order valence-electron chi connectivity index (χ0n) is 21.6. The van der Waals surface area contributed by atoms with E-state index in [1.807, 2.05) is 32.0 Å². The highest BCUT2D eigenvalue weighted by Gasteiger charge is 2.52. The average molecular weight is 530 g/mol. The number of hydrogen-bond donors (Lipinski definition) is 1. The number of ether oxygens (including phenoxy) is 3. The summed E-state index contributed by atoms with van der Waals surface area (Å²) in [5.41, 5.74) is 2.63. The van der Waals surface area contributed by atoms with Crippen LogP contribution >= 0.6 is 0 Å². The number of carbonyl (C=O) groups is 1. The maximum atomic E-state index is 13.2. The van der Waals surface area contributed by atoms with Crippen LogP contribution in [0.25, 0.3) is 0 Å². The molecule has 0 bridgehead atoms. The lowest BCUT2D eigenvalue weighted by atomic mass is 9.83. The monoisotopic (exact) mass is 529 g/mol. The summed E-state index contributed by atoms with van der Waals surface area (Å²) in [5.74, 6) is 0.457. The Hall–Kier alpha value is -2.66. The largest absolute Gasteiger partial charge is 0.486 e. The minimum Gasteiger partial charge on any atom is -0.486 e. The minimum absolute atomic E-state index is 0.0500. The number of hydrogen-bond acceptors (Lipinski definition) is 6. The van der Waals surface area contributed by atoms with Crippen LogP contribution < -0.4 is 9.46 Å². The Balaban J connectivity index is 1.26. The third kappa shape index (κ3) is 5.20. The van der Waals surface area contributed by atoms with Crippen LogP contribution in [0.15, 0.2) is 42.5 Å². The van der Waals surface area contributed by atoms with Gasteiger partial charge in [-0.2, -0.15) is 12.7 Å². The van der Waals surface area contributed by atoms with Crippen LogP contribution in [-0.2, 0) is 19.7 Å². The molecule has 3 aliphatic heterocycles. The molecule has 0 aliphatic carbocycles. The number of benzene rings is 2. The highest BCUT2D eigenvalue weighted by Crippen LogP contribution is 2.40. The lowest BCUT2D eigenvalue weighted by Gasteiger charge is -2.52. The maximum Gasteiger partial charge on any atom is 0.302 e. The lowest BCUT2D eigenvalue weighted by Crippen LogP contribution is -2.66. The van der Waals surface area contributed by atoms with Crippen LogP contribution in [0.1, 0.15) is 40.7 Å². The Bertz CT molecular complexity index is 1260. The molecule has 200 valence electrons. The number of nitrogens with zero attached hydrogens (tertiary/aromatic N) is 2. The van der Waals surface area contributed by atoms with Gasteiger partial charge in [-0.05, 0) is 56.9 Å². The van der Waals surface area contributed by atoms with E-state index in [0.717, 1.165) is 30.4 Å². The molecule has 1 N–H and O–H groups in total. The highest BCUT2D eigenvalue weighted by molar-refractivity contribution is 7.90. The van der Waals surface area contributed by atoms with Gasteiger partial charge < -0.3 is 19.1 Å². The molecule has 2 aromatic rings. The third-order valence-electron chi connectivity index (χ3n) is 7.70. The smallest absolute Gasteiger partial charge is 0.302 e. The van der Waals surface area contributed by atoms with E-state index in [0.29, 0.717) is 49.8 Å². The molecule has 3 atom stereocenters. The first kappa shape index (κ1) is 26.0. The Morgan fingerprint density at radius 1 is 1.11 bits per heavy atom. The normalized spacial score (nSPS) is 26.2. The summed E-state index contributed by atoms with van der Waals surface area (Å²) in [5, 5.41) is 0. The quantitative estimate of drug-likeness (QED) is 0.592. The van der Waals surface area contributed by atoms with Crippen LogP contribution in [0, 0.1) is 13.8 Å². The fourth-order valence-corrected chi connectivity index (χ4v) is 7.14. The van der Waals surface area contributed by atoms with E-state index < -0.39 is 15.7 Å². The Kier molecular flexibility index (Phi) is 7.19. The van der Waals surface area contributed by atoms with Gasteiger partial charge in [0.25, 0.3) is 5.91 Å². The van der Waals surface area contributed by atoms with Crippen molar-refractivity contribution < 1.29 is 27.4 Å². The molecule has 0 aromatic heterocycles. The molecule has 0 radical (unpaired) electrons. The first-order valence-electron chi connectivity index (χ1n) is 12.8. The van der Waals surface area contributed by atoms with Crippen molar-refractivity contribution in [2.45, 2.75) is 50.9 Å². The molecule has 0 saturated carbocycles. The summed E-state index contributed by atoms with van der Waals surface area (Å²) >= 11 is 0. The Labute approximate surface area is 218 Å². The number of nitrogens with one attached hydrogen (secondary N) is 1. The Morgan fingerprint density at radius 2 is 1.92 bits per heavy atom. The van der Waals surface area contributed by atoms with Crippen molar-refractivity contribution >= 4 is 21.8 Å². The second kappa shape index (κ2) is 10.2. The number of rotatable bonds is 7. The molecule has 1 amide bonds. The number of aryl methyl sites for hydroxylation is 2. The van der Waals surface area contributed by atoms with Gasteiger partial charge in [-0.3, -0.25) is 9.52 Å². The fraction of sp³-hybridized carbons (Fsp3) is 0.519. The SMILES string of the molecule is COC1CN(C(=O)c2cc(C)ccc2C)CC1Oc1cccc(NS(=O)(=O)N2CCC23CCCOC3)c1. The van der Waals surface area contributed by atoms with E-state index in [2.05, 4.69) is 4.72 Å². The third-order valence-corrected chi connectivity index (χ3v) is 9.34. The van der Waals surface area contributed by atoms with Crippen molar-refractivity contribution in [3.8, 4) is 5.75 Å². The van der Waals surface area contributed by atoms with Gasteiger partial charge in [0.1, 0.15) is 18.0 Å². The average Bonchev–Trinajstić information content (AvgIpc) is 3.27. The zero-order valence-corrected chi connectivity index (χ0v) is 22.4. The van der Waals surface area contributed by atoms with Crippen molar-refractivity contribution in [1.29, 1.82) is 0 Å². The second-order valence-electron chi connectivity index (χ2n) is 10.3. The van der Waals surface area contributed by atoms with Gasteiger partial charge in [0.15, 0.2) is 0 Å². The number of methoxy groups -OCH3 is 1. The van der Waals surface area contributed by atoms with Crippen LogP contribution in [0.4, 0.5) is 5.69 Å². The number of anilines is 1. The molecule has 2 aromatic carbocycles. The standard InChI is InChI=1S/C27H35N3O6S/c1-19-8-9-20(2)23(14-19)26(31)29-16-24(34-3)25(17-29)36-22-7-4-6-21(15-22)28-37(32,33)30-12-11-27(30)10-5-13-35-18-27/h4,6-9,14-15,24-25,28H,5,10-13,16-18H2,1-3H3. The van der Waals surface area contributed by atoms with Crippen LogP contribution in [-0.4, -0.2) is 81.2 Å². The summed E-state index contributed by atoms with van der Waals surface area (Å²) < 4.78 is 48.0. The molecule has 9 nitrogen and oxygen atoms in total. The first-order valence-corrected chi connectivity index (χ1v) is 14.2. The summed E-state index contributed by atoms with van der Waals surface area (Å²) in [6.07, 6.45) is 1.80. The molecule has 5 rings (SSSR count). The van der Waals surface area contributed by atoms with Crippen molar-refractivity contribution in [2.24, 2.45) is 0 Å². The summed E-state index contributed by atoms with van der Waals surface area (Å²) in [6.45, 7) is 6.29. The van der Waals surface area contributed by atoms with Crippen molar-refractivity contribution in [3.63, 3.8) is 0 Å². The van der Waals surface area contributed by atoms with Crippen molar-refractivity contribution in [1.82, 2.24) is 9.21 Å². The van der Waals surface area contributed by atoms with E-state index in [9.17, 15) is 13.2 Å². The van der Waals surface area contributed by atoms with E-state index in [1.165, 1.54) is 4.31 Å². The molecular weight excluding hydrogens is 494 g/mol. The van der Waals surface area contributed by atoms with E-state index in [1.54, 1.807) is 36.3 Å². The molecule has 37 heavy (non-hydrogen) atoms. The number of likely N-dealkylation sites (tertiary alicyclic amines) is 1. The molecule has 1 spiro atoms. The van der Waals surface area contributed by atoms with Gasteiger partial charge in [-0.1, -0.05) is 23.8 Å². The van der Waals surface area contributed by atoms with Crippen molar-refractivity contribution in [3.05, 3.63) is 59.2 Å². The van der Waals surface area contributed by atoms with Crippen molar-refractivity contribution in [2.75, 3.05) is 44.7 Å². The maximum absolute atomic E-state index is 13.2. The van der Waals surface area contributed by atoms with Gasteiger partial charge in [0.2, 0.25) is 0 Å². The summed E-state index contributed by atoms with van der Waals surface area (Å²) in [6, 6.07) is 12.8. The Morgan fingerprint density at radius 3 is 2.62 bits per heavy atom. The van der Waals surface area contributed by atoms with Crippen LogP contribution in [0.3, 0.4) is 0 Å². The molecular formula is C27H35N3O6S. The molecule has 10 heteroatoms. The highest BCUT2D eigenvalue weighted by atomic mass is 32.2. The lowest BCUT2D eigenvalue weighted by molar-refractivity contribution is -0.0639. The van der Waals surface area contributed by atoms with E-state index >= 15 is 0 Å². The fourth-order valence-electron chi connectivity index (χ4n) is 5.52. The van der Waals surface area contributed by atoms with Gasteiger partial charge in [0.05, 0.1) is 30.9 Å². The van der Waals surface area contributed by atoms with Gasteiger partial charge in [0, 0.05) is 31.9 Å². The first-order chi connectivity index (χ1) is 17.7. The molecule has 3 aliphatic rings. The topological polar surface area (TPSA) is 97.4 Å². The van der Waals surface area contributed by atoms with Crippen LogP contribution in [0.2, 0.25) is 0 Å². The molecule has 3 saturated heterocycles. The van der Waals surface area contributed by atoms with Gasteiger partial charge in [-0.15, -0.1) is 0 Å². The molecule has 3 heterocycles. The summed E-state index contributed by atoms with van der Waals surface area (Å²) in [7, 11) is -2.13. The summed E-state index contributed by atoms with van der Waals surface area (Å²) in [4.78, 5) is 15.0. The van der Waals surface area contributed by atoms with Crippen LogP contribution in [0.5, 0.6) is 5.75 Å². The van der Waals surface area contributed by atoms with E-state index in [-0.39, 0.29) is 18.1 Å². The number of amides is 1. The van der Waals surface area contributed by atoms with E-state index in [4.69, 9.17) is 14.2 Å². The minimum atomic E-state index is -3.73. The number of carbonyl (C=O) groups excluding carboxylic acids is 1. The van der Waals surface area contributed by atoms with Gasteiger partial charge >= 0.3 is 10.2 Å². The molecule has 3 unspecified atom stereocenters. The van der Waals surface area contributed by atoms with Gasteiger partial charge in [-0.25, -0.2) is 0 Å².